The molecule has 0 spiro atoms. The second kappa shape index (κ2) is 9.00. The molecule has 3 N–H and O–H groups in total. The maximum Gasteiger partial charge on any atom is 0.217 e. The first kappa shape index (κ1) is 18.7. The maximum absolute atomic E-state index is 11.3. The molecule has 0 aliphatic heterocycles. The number of aliphatic hydroxyl groups is 2. The average Bonchev–Trinajstić information content (AvgIpc) is 2.64. The van der Waals surface area contributed by atoms with Crippen LogP contribution < -0.4 is 14.8 Å². The van der Waals surface area contributed by atoms with Gasteiger partial charge >= 0.3 is 0 Å². The number of carbonyl (C=O) groups excluding carboxylic acids is 1. The molecule has 0 fully saturated rings. The number of amides is 1. The monoisotopic (exact) mass is 346 g/mol. The summed E-state index contributed by atoms with van der Waals surface area (Å²) in [5.74, 6) is 0.765. The van der Waals surface area contributed by atoms with E-state index >= 15 is 0 Å². The minimum Gasteiger partial charge on any atom is -0.493 e. The van der Waals surface area contributed by atoms with E-state index in [1.807, 2.05) is 12.1 Å². The van der Waals surface area contributed by atoms with Crippen molar-refractivity contribution in [3.63, 3.8) is 0 Å². The molecule has 0 aliphatic carbocycles. The van der Waals surface area contributed by atoms with Crippen molar-refractivity contribution in [1.82, 2.24) is 10.3 Å². The Bertz CT molecular complexity index is 706. The number of carbonyl (C=O) groups is 1. The SMILES string of the molecule is COc1cc(CNC(C)=O)c(-c2cccnc2)cc1OCC(O)CO. The van der Waals surface area contributed by atoms with Crippen LogP contribution in [0.2, 0.25) is 0 Å². The molecule has 134 valence electrons. The molecule has 1 aromatic heterocycles. The molecule has 0 aliphatic rings. The molecule has 25 heavy (non-hydrogen) atoms. The topological polar surface area (TPSA) is 101 Å². The third kappa shape index (κ3) is 5.17. The molecule has 2 rings (SSSR count). The molecule has 0 bridgehead atoms. The summed E-state index contributed by atoms with van der Waals surface area (Å²) >= 11 is 0. The zero-order valence-electron chi connectivity index (χ0n) is 14.2. The summed E-state index contributed by atoms with van der Waals surface area (Å²) in [4.78, 5) is 15.4. The van der Waals surface area contributed by atoms with E-state index in [2.05, 4.69) is 10.3 Å². The molecule has 1 unspecified atom stereocenters. The van der Waals surface area contributed by atoms with E-state index in [-0.39, 0.29) is 12.5 Å². The number of benzene rings is 1. The summed E-state index contributed by atoms with van der Waals surface area (Å²) < 4.78 is 10.9. The van der Waals surface area contributed by atoms with Gasteiger partial charge in [0.15, 0.2) is 11.5 Å². The van der Waals surface area contributed by atoms with Crippen LogP contribution in [0, 0.1) is 0 Å². The summed E-state index contributed by atoms with van der Waals surface area (Å²) in [6.07, 6.45) is 2.41. The van der Waals surface area contributed by atoms with Gasteiger partial charge < -0.3 is 25.0 Å². The Kier molecular flexibility index (Phi) is 6.73. The molecule has 0 radical (unpaired) electrons. The second-order valence-electron chi connectivity index (χ2n) is 5.46. The summed E-state index contributed by atoms with van der Waals surface area (Å²) in [5.41, 5.74) is 2.53. The molecular formula is C18H22N2O5. The summed E-state index contributed by atoms with van der Waals surface area (Å²) in [5, 5.41) is 21.2. The lowest BCUT2D eigenvalue weighted by molar-refractivity contribution is -0.119. The number of aliphatic hydroxyl groups excluding tert-OH is 2. The first-order valence-corrected chi connectivity index (χ1v) is 7.82. The van der Waals surface area contributed by atoms with Crippen LogP contribution in [-0.4, -0.2) is 47.5 Å². The third-order valence-electron chi connectivity index (χ3n) is 3.53. The summed E-state index contributed by atoms with van der Waals surface area (Å²) in [6.45, 7) is 1.33. The lowest BCUT2D eigenvalue weighted by Gasteiger charge is -2.17. The highest BCUT2D eigenvalue weighted by Gasteiger charge is 2.15. The predicted molar refractivity (Wildman–Crippen MR) is 92.3 cm³/mol. The molecule has 7 nitrogen and oxygen atoms in total. The Morgan fingerprint density at radius 3 is 2.76 bits per heavy atom. The number of ether oxygens (including phenoxy) is 2. The van der Waals surface area contributed by atoms with Gasteiger partial charge in [0.2, 0.25) is 5.91 Å². The zero-order chi connectivity index (χ0) is 18.2. The number of pyridine rings is 1. The van der Waals surface area contributed by atoms with Crippen LogP contribution in [0.4, 0.5) is 0 Å². The van der Waals surface area contributed by atoms with Gasteiger partial charge in [0.05, 0.1) is 13.7 Å². The molecule has 0 saturated heterocycles. The minimum atomic E-state index is -0.981. The van der Waals surface area contributed by atoms with Crippen molar-refractivity contribution in [3.8, 4) is 22.6 Å². The second-order valence-corrected chi connectivity index (χ2v) is 5.46. The summed E-state index contributed by atoms with van der Waals surface area (Å²) in [7, 11) is 1.51. The van der Waals surface area contributed by atoms with Crippen molar-refractivity contribution in [2.75, 3.05) is 20.3 Å². The summed E-state index contributed by atoms with van der Waals surface area (Å²) in [6, 6.07) is 7.27. The van der Waals surface area contributed by atoms with Crippen LogP contribution >= 0.6 is 0 Å². The van der Waals surface area contributed by atoms with E-state index in [1.54, 1.807) is 24.5 Å². The minimum absolute atomic E-state index is 0.0651. The van der Waals surface area contributed by atoms with E-state index in [4.69, 9.17) is 14.6 Å². The molecule has 1 amide bonds. The van der Waals surface area contributed by atoms with Crippen LogP contribution in [0.5, 0.6) is 11.5 Å². The average molecular weight is 346 g/mol. The Morgan fingerprint density at radius 2 is 2.16 bits per heavy atom. The van der Waals surface area contributed by atoms with Gasteiger partial charge in [-0.05, 0) is 29.3 Å². The number of hydrogen-bond acceptors (Lipinski definition) is 6. The molecule has 7 heteroatoms. The lowest BCUT2D eigenvalue weighted by atomic mass is 10.00. The number of rotatable bonds is 8. The van der Waals surface area contributed by atoms with Gasteiger partial charge in [-0.2, -0.15) is 0 Å². The van der Waals surface area contributed by atoms with E-state index < -0.39 is 12.7 Å². The molecule has 1 atom stereocenters. The van der Waals surface area contributed by atoms with E-state index in [0.29, 0.717) is 18.0 Å². The molecule has 1 aromatic carbocycles. The first-order valence-electron chi connectivity index (χ1n) is 7.82. The molecule has 0 saturated carbocycles. The molecule has 2 aromatic rings. The number of nitrogens with zero attached hydrogens (tertiary/aromatic N) is 1. The van der Waals surface area contributed by atoms with Gasteiger partial charge in [0.1, 0.15) is 12.7 Å². The maximum atomic E-state index is 11.3. The van der Waals surface area contributed by atoms with Gasteiger partial charge in [-0.15, -0.1) is 0 Å². The van der Waals surface area contributed by atoms with Gasteiger partial charge in [-0.1, -0.05) is 6.07 Å². The highest BCUT2D eigenvalue weighted by Crippen LogP contribution is 2.36. The Morgan fingerprint density at radius 1 is 1.36 bits per heavy atom. The standard InChI is InChI=1S/C18H22N2O5/c1-12(22)20-9-14-6-17(24-2)18(25-11-15(23)10-21)7-16(14)13-4-3-5-19-8-13/h3-8,15,21,23H,9-11H2,1-2H3,(H,20,22). The fraction of sp³-hybridized carbons (Fsp3) is 0.333. The fourth-order valence-electron chi connectivity index (χ4n) is 2.27. The van der Waals surface area contributed by atoms with Gasteiger partial charge in [0.25, 0.3) is 0 Å². The smallest absolute Gasteiger partial charge is 0.217 e. The normalized spacial score (nSPS) is 11.7. The van der Waals surface area contributed by atoms with Crippen LogP contribution in [0.25, 0.3) is 11.1 Å². The largest absolute Gasteiger partial charge is 0.493 e. The van der Waals surface area contributed by atoms with Crippen molar-refractivity contribution in [2.24, 2.45) is 0 Å². The molecular weight excluding hydrogens is 324 g/mol. The van der Waals surface area contributed by atoms with Crippen LogP contribution in [0.3, 0.4) is 0 Å². The Balaban J connectivity index is 2.42. The number of aromatic nitrogens is 1. The number of methoxy groups -OCH3 is 1. The number of hydrogen-bond donors (Lipinski definition) is 3. The fourth-order valence-corrected chi connectivity index (χ4v) is 2.27. The van der Waals surface area contributed by atoms with E-state index in [1.165, 1.54) is 14.0 Å². The van der Waals surface area contributed by atoms with Gasteiger partial charge in [0, 0.05) is 31.4 Å². The van der Waals surface area contributed by atoms with Crippen LogP contribution in [0.1, 0.15) is 12.5 Å². The van der Waals surface area contributed by atoms with Crippen molar-refractivity contribution in [3.05, 3.63) is 42.2 Å². The lowest BCUT2D eigenvalue weighted by Crippen LogP contribution is -2.22. The van der Waals surface area contributed by atoms with Crippen LogP contribution in [-0.2, 0) is 11.3 Å². The van der Waals surface area contributed by atoms with E-state index in [9.17, 15) is 9.90 Å². The third-order valence-corrected chi connectivity index (χ3v) is 3.53. The Hall–Kier alpha value is -2.64. The van der Waals surface area contributed by atoms with Crippen molar-refractivity contribution in [1.29, 1.82) is 0 Å². The molecule has 1 heterocycles. The zero-order valence-corrected chi connectivity index (χ0v) is 14.2. The quantitative estimate of drug-likeness (QED) is 0.662. The number of nitrogens with one attached hydrogen (secondary N) is 1. The van der Waals surface area contributed by atoms with Crippen molar-refractivity contribution < 1.29 is 24.5 Å². The first-order chi connectivity index (χ1) is 12.0. The van der Waals surface area contributed by atoms with E-state index in [0.717, 1.165) is 16.7 Å². The van der Waals surface area contributed by atoms with Gasteiger partial charge in [-0.3, -0.25) is 9.78 Å². The Labute approximate surface area is 146 Å². The van der Waals surface area contributed by atoms with Crippen LogP contribution in [0.15, 0.2) is 36.7 Å². The van der Waals surface area contributed by atoms with Gasteiger partial charge in [-0.25, -0.2) is 0 Å². The van der Waals surface area contributed by atoms with Crippen molar-refractivity contribution in [2.45, 2.75) is 19.6 Å². The predicted octanol–water partition coefficient (Wildman–Crippen LogP) is 1.13. The highest BCUT2D eigenvalue weighted by molar-refractivity contribution is 5.75. The van der Waals surface area contributed by atoms with Crippen molar-refractivity contribution >= 4 is 5.91 Å². The highest BCUT2D eigenvalue weighted by atomic mass is 16.5.